The molecule has 4 heterocycles. The zero-order valence-electron chi connectivity index (χ0n) is 18.5. The van der Waals surface area contributed by atoms with Crippen LogP contribution in [0.3, 0.4) is 0 Å². The molecule has 0 aliphatic carbocycles. The molecule has 1 aromatic rings. The molecule has 1 amide bonds. The molecule has 0 saturated carbocycles. The van der Waals surface area contributed by atoms with Gasteiger partial charge in [0.25, 0.3) is 0 Å². The normalized spacial score (nSPS) is 36.6. The minimum atomic E-state index is -0.369. The summed E-state index contributed by atoms with van der Waals surface area (Å²) in [6, 6.07) is 7.87. The standard InChI is InChI=1S/C23H34N6O3/c1-32-16-8-5-7-15(13-16)25-23-24-14-17-21(27-23)29-20-11-6-9-18(26-20)19(30)10-3-2-4-12-28(29)22(17)31/h2,4-5,7-8,13,17-21,23-27,30H,3,6,9-12,14H2,1H3/b4-2-. The second kappa shape index (κ2) is 9.36. The lowest BCUT2D eigenvalue weighted by Crippen LogP contribution is -2.68. The number of hydrogen-bond donors (Lipinski definition) is 5. The summed E-state index contributed by atoms with van der Waals surface area (Å²) in [5.74, 6) is 0.769. The third kappa shape index (κ3) is 4.23. The summed E-state index contributed by atoms with van der Waals surface area (Å²) in [7, 11) is 1.66. The van der Waals surface area contributed by atoms with Crippen LogP contribution in [0.2, 0.25) is 0 Å². The number of ether oxygens (including phenoxy) is 1. The second-order valence-electron chi connectivity index (χ2n) is 9.07. The third-order valence-electron chi connectivity index (χ3n) is 7.03. The van der Waals surface area contributed by atoms with Crippen molar-refractivity contribution in [1.82, 2.24) is 26.0 Å². The molecule has 32 heavy (non-hydrogen) atoms. The van der Waals surface area contributed by atoms with Crippen LogP contribution in [0.4, 0.5) is 5.69 Å². The number of allylic oxidation sites excluding steroid dienone is 1. The molecule has 4 aliphatic heterocycles. The molecule has 3 saturated heterocycles. The van der Waals surface area contributed by atoms with Gasteiger partial charge in [0.2, 0.25) is 5.91 Å². The quantitative estimate of drug-likeness (QED) is 0.438. The van der Waals surface area contributed by atoms with E-state index in [1.54, 1.807) is 7.11 Å². The number of fused-ring (bicyclic) bond motifs is 6. The Morgan fingerprint density at radius 3 is 2.97 bits per heavy atom. The molecule has 0 radical (unpaired) electrons. The number of nitrogens with zero attached hydrogens (tertiary/aromatic N) is 2. The first-order valence-electron chi connectivity index (χ1n) is 11.7. The molecule has 9 heteroatoms. The summed E-state index contributed by atoms with van der Waals surface area (Å²) < 4.78 is 5.33. The highest BCUT2D eigenvalue weighted by molar-refractivity contribution is 5.82. The number of hydrogen-bond acceptors (Lipinski definition) is 8. The number of carbonyl (C=O) groups excluding carboxylic acids is 1. The van der Waals surface area contributed by atoms with Crippen molar-refractivity contribution in [2.45, 2.75) is 62.9 Å². The van der Waals surface area contributed by atoms with E-state index < -0.39 is 0 Å². The summed E-state index contributed by atoms with van der Waals surface area (Å²) in [6.07, 6.45) is 7.99. The summed E-state index contributed by atoms with van der Waals surface area (Å²) >= 11 is 0. The molecule has 3 fully saturated rings. The fourth-order valence-electron chi connectivity index (χ4n) is 5.38. The lowest BCUT2D eigenvalue weighted by molar-refractivity contribution is -0.145. The van der Waals surface area contributed by atoms with Gasteiger partial charge in [-0.05, 0) is 44.2 Å². The maximum atomic E-state index is 13.4. The first-order valence-corrected chi connectivity index (χ1v) is 11.7. The number of aliphatic hydroxyl groups is 1. The molecular weight excluding hydrogens is 408 g/mol. The maximum Gasteiger partial charge on any atom is 0.244 e. The van der Waals surface area contributed by atoms with Crippen molar-refractivity contribution in [2.24, 2.45) is 5.92 Å². The molecule has 4 aliphatic rings. The number of methoxy groups -OCH3 is 1. The van der Waals surface area contributed by atoms with Crippen molar-refractivity contribution in [2.75, 3.05) is 25.5 Å². The zero-order chi connectivity index (χ0) is 22.1. The van der Waals surface area contributed by atoms with Crippen molar-refractivity contribution in [3.05, 3.63) is 36.4 Å². The highest BCUT2D eigenvalue weighted by atomic mass is 16.5. The van der Waals surface area contributed by atoms with Crippen LogP contribution >= 0.6 is 0 Å². The Balaban J connectivity index is 1.37. The van der Waals surface area contributed by atoms with Crippen molar-refractivity contribution in [1.29, 1.82) is 0 Å². The largest absolute Gasteiger partial charge is 0.497 e. The maximum absolute atomic E-state index is 13.4. The average Bonchev–Trinajstić information content (AvgIpc) is 3.08. The number of hydrazine groups is 1. The third-order valence-corrected chi connectivity index (χ3v) is 7.03. The van der Waals surface area contributed by atoms with E-state index in [1.807, 2.05) is 29.3 Å². The van der Waals surface area contributed by atoms with Gasteiger partial charge in [0.15, 0.2) is 0 Å². The number of rotatable bonds is 3. The van der Waals surface area contributed by atoms with Crippen LogP contribution in [0.25, 0.3) is 0 Å². The topological polar surface area (TPSA) is 101 Å². The first-order chi connectivity index (χ1) is 15.6. The van der Waals surface area contributed by atoms with E-state index in [0.29, 0.717) is 13.1 Å². The number of anilines is 1. The van der Waals surface area contributed by atoms with Gasteiger partial charge in [0.1, 0.15) is 12.0 Å². The van der Waals surface area contributed by atoms with E-state index in [0.717, 1.165) is 43.5 Å². The molecule has 174 valence electrons. The van der Waals surface area contributed by atoms with Gasteiger partial charge in [-0.25, -0.2) is 0 Å². The lowest BCUT2D eigenvalue weighted by atomic mass is 9.95. The summed E-state index contributed by atoms with van der Waals surface area (Å²) in [6.45, 7) is 1.15. The smallest absolute Gasteiger partial charge is 0.244 e. The minimum absolute atomic E-state index is 0.0110. The van der Waals surface area contributed by atoms with Gasteiger partial charge >= 0.3 is 0 Å². The summed E-state index contributed by atoms with van der Waals surface area (Å²) in [5, 5.41) is 28.9. The van der Waals surface area contributed by atoms with Crippen molar-refractivity contribution in [3.63, 3.8) is 0 Å². The molecule has 9 nitrogen and oxygen atoms in total. The van der Waals surface area contributed by atoms with Crippen molar-refractivity contribution in [3.8, 4) is 5.75 Å². The van der Waals surface area contributed by atoms with E-state index in [2.05, 4.69) is 38.4 Å². The number of nitrogens with one attached hydrogen (secondary N) is 4. The number of piperidine rings is 1. The fourth-order valence-corrected chi connectivity index (χ4v) is 5.38. The highest BCUT2D eigenvalue weighted by Gasteiger charge is 2.52. The predicted molar refractivity (Wildman–Crippen MR) is 121 cm³/mol. The predicted octanol–water partition coefficient (Wildman–Crippen LogP) is 0.764. The Morgan fingerprint density at radius 2 is 2.09 bits per heavy atom. The van der Waals surface area contributed by atoms with Crippen molar-refractivity contribution >= 4 is 11.6 Å². The van der Waals surface area contributed by atoms with E-state index in [1.165, 1.54) is 0 Å². The molecular formula is C23H34N6O3. The van der Waals surface area contributed by atoms with E-state index >= 15 is 0 Å². The van der Waals surface area contributed by atoms with Gasteiger partial charge in [0.05, 0.1) is 38.0 Å². The molecule has 0 spiro atoms. The Hall–Kier alpha value is -2.17. The van der Waals surface area contributed by atoms with Gasteiger partial charge in [-0.1, -0.05) is 18.2 Å². The van der Waals surface area contributed by atoms with Crippen LogP contribution in [-0.2, 0) is 4.79 Å². The molecule has 2 bridgehead atoms. The van der Waals surface area contributed by atoms with E-state index in [9.17, 15) is 9.90 Å². The van der Waals surface area contributed by atoms with Gasteiger partial charge in [-0.15, -0.1) is 0 Å². The van der Waals surface area contributed by atoms with Gasteiger partial charge in [-0.2, -0.15) is 5.01 Å². The Morgan fingerprint density at radius 1 is 1.19 bits per heavy atom. The highest BCUT2D eigenvalue weighted by Crippen LogP contribution is 2.32. The lowest BCUT2D eigenvalue weighted by Gasteiger charge is -2.45. The number of amides is 1. The zero-order valence-corrected chi connectivity index (χ0v) is 18.5. The van der Waals surface area contributed by atoms with Gasteiger partial charge in [0, 0.05) is 24.3 Å². The van der Waals surface area contributed by atoms with Crippen LogP contribution in [0.15, 0.2) is 36.4 Å². The molecule has 6 unspecified atom stereocenters. The van der Waals surface area contributed by atoms with Gasteiger partial charge in [-0.3, -0.25) is 25.8 Å². The van der Waals surface area contributed by atoms with E-state index in [-0.39, 0.29) is 42.6 Å². The molecule has 6 atom stereocenters. The van der Waals surface area contributed by atoms with Crippen LogP contribution in [0.1, 0.15) is 32.1 Å². The van der Waals surface area contributed by atoms with Crippen molar-refractivity contribution < 1.29 is 14.6 Å². The Bertz CT molecular complexity index is 851. The number of benzene rings is 1. The molecule has 1 aromatic carbocycles. The summed E-state index contributed by atoms with van der Waals surface area (Å²) in [4.78, 5) is 13.4. The minimum Gasteiger partial charge on any atom is -0.497 e. The first kappa shape index (κ1) is 21.7. The molecule has 0 aromatic heterocycles. The van der Waals surface area contributed by atoms with Crippen LogP contribution in [-0.4, -0.2) is 72.0 Å². The van der Waals surface area contributed by atoms with Crippen LogP contribution in [0.5, 0.6) is 5.75 Å². The van der Waals surface area contributed by atoms with Crippen LogP contribution < -0.4 is 26.0 Å². The monoisotopic (exact) mass is 442 g/mol. The van der Waals surface area contributed by atoms with Crippen LogP contribution in [0, 0.1) is 5.92 Å². The Kier molecular flexibility index (Phi) is 6.34. The second-order valence-corrected chi connectivity index (χ2v) is 9.07. The average molecular weight is 443 g/mol. The molecule has 5 rings (SSSR count). The van der Waals surface area contributed by atoms with Gasteiger partial charge < -0.3 is 15.2 Å². The number of carbonyl (C=O) groups is 1. The van der Waals surface area contributed by atoms with E-state index in [4.69, 9.17) is 4.74 Å². The number of aliphatic hydroxyl groups excluding tert-OH is 1. The Labute approximate surface area is 189 Å². The molecule has 5 N–H and O–H groups in total. The summed E-state index contributed by atoms with van der Waals surface area (Å²) in [5.41, 5.74) is 0.938. The fraction of sp³-hybridized carbons (Fsp3) is 0.609. The SMILES string of the molecule is COc1cccc(NC2NCC3C(=O)N4C/C=C\CCC(O)C5CCCC(N5)N4C3N2)c1.